The van der Waals surface area contributed by atoms with Gasteiger partial charge < -0.3 is 10.4 Å². The number of rotatable bonds is 1. The number of hydrogen-bond donors (Lipinski definition) is 2. The van der Waals surface area contributed by atoms with Crippen LogP contribution in [-0.2, 0) is 17.6 Å². The number of carboxylic acid groups (broad SMARTS) is 1. The second-order valence-electron chi connectivity index (χ2n) is 5.97. The van der Waals surface area contributed by atoms with Crippen molar-refractivity contribution in [2.75, 3.05) is 6.67 Å². The van der Waals surface area contributed by atoms with Gasteiger partial charge >= 0.3 is 5.97 Å². The summed E-state index contributed by atoms with van der Waals surface area (Å²) in [6, 6.07) is 5.14. The van der Waals surface area contributed by atoms with Crippen LogP contribution in [0, 0.1) is 11.3 Å². The monoisotopic (exact) mass is 298 g/mol. The highest BCUT2D eigenvalue weighted by molar-refractivity contribution is 5.89. The topological polar surface area (TPSA) is 78.8 Å². The van der Waals surface area contributed by atoms with Crippen LogP contribution < -0.4 is 5.32 Å². The van der Waals surface area contributed by atoms with E-state index in [4.69, 9.17) is 5.11 Å². The summed E-state index contributed by atoms with van der Waals surface area (Å²) >= 11 is 0. The molecule has 1 aliphatic carbocycles. The molecule has 2 N–H and O–H groups in total. The zero-order valence-electron chi connectivity index (χ0n) is 12.4. The molecule has 1 aliphatic heterocycles. The molecule has 1 amide bonds. The van der Waals surface area contributed by atoms with Gasteiger partial charge in [-0.3, -0.25) is 9.79 Å². The van der Waals surface area contributed by atoms with Crippen LogP contribution in [0.15, 0.2) is 35.3 Å². The third-order valence-electron chi connectivity index (χ3n) is 4.71. The van der Waals surface area contributed by atoms with Gasteiger partial charge in [0.1, 0.15) is 6.67 Å². The van der Waals surface area contributed by atoms with Crippen molar-refractivity contribution in [2.45, 2.75) is 19.8 Å². The zero-order chi connectivity index (χ0) is 15.7. The van der Waals surface area contributed by atoms with Gasteiger partial charge in [0.25, 0.3) is 0 Å². The van der Waals surface area contributed by atoms with E-state index in [-0.39, 0.29) is 24.1 Å². The van der Waals surface area contributed by atoms with Crippen LogP contribution in [0.3, 0.4) is 0 Å². The average Bonchev–Trinajstić information content (AvgIpc) is 2.90. The Balaban J connectivity index is 1.99. The van der Waals surface area contributed by atoms with Gasteiger partial charge in [-0.05, 0) is 48.1 Å². The van der Waals surface area contributed by atoms with E-state index >= 15 is 0 Å². The summed E-state index contributed by atoms with van der Waals surface area (Å²) in [6.07, 6.45) is 6.75. The van der Waals surface area contributed by atoms with Crippen LogP contribution in [-0.4, -0.2) is 29.9 Å². The predicted octanol–water partition coefficient (Wildman–Crippen LogP) is 1.82. The summed E-state index contributed by atoms with van der Waals surface area (Å²) in [5.74, 6) is -0.918. The highest BCUT2D eigenvalue weighted by Gasteiger charge is 2.47. The van der Waals surface area contributed by atoms with Gasteiger partial charge in [-0.2, -0.15) is 0 Å². The van der Waals surface area contributed by atoms with Crippen molar-refractivity contribution < 1.29 is 14.7 Å². The summed E-state index contributed by atoms with van der Waals surface area (Å²) < 4.78 is 0. The van der Waals surface area contributed by atoms with Gasteiger partial charge in [-0.1, -0.05) is 19.1 Å². The van der Waals surface area contributed by atoms with Crippen LogP contribution in [0.5, 0.6) is 0 Å². The molecule has 3 rings (SSSR count). The lowest BCUT2D eigenvalue weighted by atomic mass is 9.72. The lowest BCUT2D eigenvalue weighted by molar-refractivity contribution is -0.132. The van der Waals surface area contributed by atoms with E-state index in [1.54, 1.807) is 18.3 Å². The molecule has 2 aliphatic rings. The second-order valence-corrected chi connectivity index (χ2v) is 5.97. The first kappa shape index (κ1) is 14.5. The number of carbonyl (C=O) groups excluding carboxylic acids is 1. The number of carboxylic acids is 1. The van der Waals surface area contributed by atoms with Crippen molar-refractivity contribution in [3.63, 3.8) is 0 Å². The fourth-order valence-corrected chi connectivity index (χ4v) is 3.34. The van der Waals surface area contributed by atoms with Gasteiger partial charge in [0.15, 0.2) is 0 Å². The Morgan fingerprint density at radius 1 is 1.36 bits per heavy atom. The largest absolute Gasteiger partial charge is 0.478 e. The normalized spacial score (nSPS) is 27.0. The van der Waals surface area contributed by atoms with E-state index in [2.05, 4.69) is 10.3 Å². The maximum atomic E-state index is 12.7. The molecule has 5 heteroatoms. The van der Waals surface area contributed by atoms with E-state index < -0.39 is 11.4 Å². The number of amides is 1. The van der Waals surface area contributed by atoms with Crippen molar-refractivity contribution in [3.05, 3.63) is 47.0 Å². The third-order valence-corrected chi connectivity index (χ3v) is 4.71. The average molecular weight is 298 g/mol. The van der Waals surface area contributed by atoms with Crippen molar-refractivity contribution in [2.24, 2.45) is 16.3 Å². The Bertz CT molecular complexity index is 693. The molecular weight excluding hydrogens is 280 g/mol. The molecule has 0 saturated heterocycles. The molecule has 114 valence electrons. The van der Waals surface area contributed by atoms with Crippen molar-refractivity contribution in [1.29, 1.82) is 0 Å². The zero-order valence-corrected chi connectivity index (χ0v) is 12.4. The molecule has 1 aromatic carbocycles. The molecular formula is C17H18N2O3. The summed E-state index contributed by atoms with van der Waals surface area (Å²) in [4.78, 5) is 27.9. The van der Waals surface area contributed by atoms with E-state index in [0.29, 0.717) is 12.8 Å². The Morgan fingerprint density at radius 2 is 2.14 bits per heavy atom. The number of allylic oxidation sites excluding steroid dienone is 2. The molecule has 1 aromatic rings. The fraction of sp³-hybridized carbons (Fsp3) is 0.353. The molecule has 22 heavy (non-hydrogen) atoms. The minimum atomic E-state index is -0.941. The van der Waals surface area contributed by atoms with E-state index in [9.17, 15) is 9.59 Å². The number of aliphatic imine (C=N–C) groups is 1. The molecule has 0 fully saturated rings. The van der Waals surface area contributed by atoms with E-state index in [1.165, 1.54) is 0 Å². The summed E-state index contributed by atoms with van der Waals surface area (Å²) in [5.41, 5.74) is 1.71. The summed E-state index contributed by atoms with van der Waals surface area (Å²) in [5, 5.41) is 12.0. The van der Waals surface area contributed by atoms with Gasteiger partial charge in [0, 0.05) is 6.21 Å². The first-order valence-corrected chi connectivity index (χ1v) is 7.33. The van der Waals surface area contributed by atoms with Crippen molar-refractivity contribution in [3.8, 4) is 0 Å². The Hall–Kier alpha value is -2.43. The maximum Gasteiger partial charge on any atom is 0.335 e. The number of carbonyl (C=O) groups is 2. The highest BCUT2D eigenvalue weighted by atomic mass is 16.4. The van der Waals surface area contributed by atoms with Crippen LogP contribution in [0.1, 0.15) is 28.4 Å². The molecule has 2 unspecified atom stereocenters. The van der Waals surface area contributed by atoms with Crippen LogP contribution in [0.25, 0.3) is 0 Å². The van der Waals surface area contributed by atoms with Crippen LogP contribution in [0.4, 0.5) is 0 Å². The highest BCUT2D eigenvalue weighted by Crippen LogP contribution is 2.44. The molecule has 2 atom stereocenters. The van der Waals surface area contributed by atoms with Crippen molar-refractivity contribution in [1.82, 2.24) is 5.32 Å². The maximum absolute atomic E-state index is 12.7. The lowest BCUT2D eigenvalue weighted by Gasteiger charge is -2.32. The first-order chi connectivity index (χ1) is 10.5. The Morgan fingerprint density at radius 3 is 2.91 bits per heavy atom. The van der Waals surface area contributed by atoms with Gasteiger partial charge in [0.05, 0.1) is 11.0 Å². The van der Waals surface area contributed by atoms with Crippen LogP contribution >= 0.6 is 0 Å². The van der Waals surface area contributed by atoms with Gasteiger partial charge in [0.2, 0.25) is 5.91 Å². The number of benzene rings is 1. The van der Waals surface area contributed by atoms with Gasteiger partial charge in [-0.25, -0.2) is 4.79 Å². The SMILES string of the molecule is CC1C=CC=NCNC(=O)C12Cc1ccc(C(=O)O)cc1C2. The first-order valence-electron chi connectivity index (χ1n) is 7.33. The lowest BCUT2D eigenvalue weighted by Crippen LogP contribution is -2.45. The Kier molecular flexibility index (Phi) is 3.56. The number of aromatic carboxylic acids is 1. The quantitative estimate of drug-likeness (QED) is 0.830. The van der Waals surface area contributed by atoms with E-state index in [0.717, 1.165) is 11.1 Å². The number of nitrogens with zero attached hydrogens (tertiary/aromatic N) is 1. The molecule has 0 aromatic heterocycles. The molecule has 5 nitrogen and oxygen atoms in total. The fourth-order valence-electron chi connectivity index (χ4n) is 3.34. The number of hydrogen-bond acceptors (Lipinski definition) is 3. The molecule has 0 bridgehead atoms. The predicted molar refractivity (Wildman–Crippen MR) is 83.0 cm³/mol. The van der Waals surface area contributed by atoms with E-state index in [1.807, 2.05) is 25.1 Å². The smallest absolute Gasteiger partial charge is 0.335 e. The standard InChI is InChI=1S/C17H18N2O3/c1-11-3-2-6-18-10-19-16(22)17(11)8-13-5-4-12(15(20)21)7-14(13)9-17/h2-7,11H,8-10H2,1H3,(H,19,22)(H,20,21). The number of nitrogens with one attached hydrogen (secondary N) is 1. The summed E-state index contributed by atoms with van der Waals surface area (Å²) in [7, 11) is 0. The second kappa shape index (κ2) is 5.40. The minimum Gasteiger partial charge on any atom is -0.478 e. The van der Waals surface area contributed by atoms with Crippen LogP contribution in [0.2, 0.25) is 0 Å². The summed E-state index contributed by atoms with van der Waals surface area (Å²) in [6.45, 7) is 2.30. The molecule has 0 saturated carbocycles. The van der Waals surface area contributed by atoms with Gasteiger partial charge in [-0.15, -0.1) is 0 Å². The number of fused-ring (bicyclic) bond motifs is 1. The molecule has 1 heterocycles. The molecule has 0 radical (unpaired) electrons. The Labute approximate surface area is 128 Å². The minimum absolute atomic E-state index is 0.0169. The third kappa shape index (κ3) is 2.32. The van der Waals surface area contributed by atoms with Crippen molar-refractivity contribution >= 4 is 18.1 Å². The molecule has 1 spiro atoms.